The van der Waals surface area contributed by atoms with Gasteiger partial charge >= 0.3 is 0 Å². The lowest BCUT2D eigenvalue weighted by molar-refractivity contribution is -0.132. The monoisotopic (exact) mass is 369 g/mol. The Balaban J connectivity index is 1.67. The van der Waals surface area contributed by atoms with Gasteiger partial charge in [-0.1, -0.05) is 23.7 Å². The lowest BCUT2D eigenvalue weighted by Gasteiger charge is -2.34. The molecule has 1 saturated heterocycles. The van der Waals surface area contributed by atoms with Crippen LogP contribution in [-0.2, 0) is 9.59 Å². The zero-order valence-corrected chi connectivity index (χ0v) is 15.5. The van der Waals surface area contributed by atoms with E-state index in [4.69, 9.17) is 11.6 Å². The van der Waals surface area contributed by atoms with Gasteiger partial charge in [-0.3, -0.25) is 14.5 Å². The highest BCUT2D eigenvalue weighted by molar-refractivity contribution is 7.99. The first kappa shape index (κ1) is 19.1. The van der Waals surface area contributed by atoms with E-state index in [-0.39, 0.29) is 11.8 Å². The summed E-state index contributed by atoms with van der Waals surface area (Å²) in [5.41, 5.74) is 0. The Morgan fingerprint density at radius 2 is 1.92 bits per heavy atom. The summed E-state index contributed by atoms with van der Waals surface area (Å²) in [6, 6.07) is 7.68. The van der Waals surface area contributed by atoms with Gasteiger partial charge in [0.25, 0.3) is 0 Å². The van der Waals surface area contributed by atoms with Crippen molar-refractivity contribution in [2.45, 2.75) is 18.2 Å². The van der Waals surface area contributed by atoms with Gasteiger partial charge in [0, 0.05) is 49.8 Å². The number of nitrogens with zero attached hydrogens (tertiary/aromatic N) is 2. The average molecular weight is 370 g/mol. The molecule has 0 aliphatic carbocycles. The topological polar surface area (TPSA) is 52.7 Å². The minimum absolute atomic E-state index is 0.0495. The SMILES string of the molecule is CCNC(=O)CN1CCN(C(=O)CCSc2ccccc2Cl)CC1. The number of carbonyl (C=O) groups excluding carboxylic acids is 2. The predicted molar refractivity (Wildman–Crippen MR) is 98.5 cm³/mol. The van der Waals surface area contributed by atoms with E-state index in [1.54, 1.807) is 11.8 Å². The fourth-order valence-corrected chi connectivity index (χ4v) is 3.76. The molecule has 1 aromatic carbocycles. The molecule has 0 atom stereocenters. The Labute approximate surface area is 152 Å². The number of carbonyl (C=O) groups is 2. The number of piperazine rings is 1. The van der Waals surface area contributed by atoms with Crippen molar-refractivity contribution in [2.24, 2.45) is 0 Å². The number of thioether (sulfide) groups is 1. The van der Waals surface area contributed by atoms with Crippen LogP contribution in [0.1, 0.15) is 13.3 Å². The maximum Gasteiger partial charge on any atom is 0.234 e. The van der Waals surface area contributed by atoms with Crippen molar-refractivity contribution in [1.29, 1.82) is 0 Å². The van der Waals surface area contributed by atoms with Gasteiger partial charge in [-0.05, 0) is 19.1 Å². The molecular formula is C17H24ClN3O2S. The van der Waals surface area contributed by atoms with E-state index in [1.165, 1.54) is 0 Å². The van der Waals surface area contributed by atoms with Gasteiger partial charge in [0.2, 0.25) is 11.8 Å². The molecule has 1 aliphatic rings. The summed E-state index contributed by atoms with van der Waals surface area (Å²) in [6.07, 6.45) is 0.506. The highest BCUT2D eigenvalue weighted by Gasteiger charge is 2.22. The van der Waals surface area contributed by atoms with Crippen LogP contribution in [0.4, 0.5) is 0 Å². The van der Waals surface area contributed by atoms with Gasteiger partial charge in [0.15, 0.2) is 0 Å². The van der Waals surface area contributed by atoms with E-state index >= 15 is 0 Å². The van der Waals surface area contributed by atoms with E-state index in [2.05, 4.69) is 10.2 Å². The Morgan fingerprint density at radius 1 is 1.21 bits per heavy atom. The maximum absolute atomic E-state index is 12.3. The third kappa shape index (κ3) is 6.00. The van der Waals surface area contributed by atoms with Crippen molar-refractivity contribution in [3.05, 3.63) is 29.3 Å². The molecule has 1 fully saturated rings. The van der Waals surface area contributed by atoms with Crippen LogP contribution >= 0.6 is 23.4 Å². The van der Waals surface area contributed by atoms with Crippen molar-refractivity contribution in [3.63, 3.8) is 0 Å². The first-order valence-electron chi connectivity index (χ1n) is 8.24. The number of hydrogen-bond donors (Lipinski definition) is 1. The van der Waals surface area contributed by atoms with Crippen LogP contribution in [0.5, 0.6) is 0 Å². The van der Waals surface area contributed by atoms with Crippen LogP contribution < -0.4 is 5.32 Å². The standard InChI is InChI=1S/C17H24ClN3O2S/c1-2-19-16(22)13-20-8-10-21(11-9-20)17(23)7-12-24-15-6-4-3-5-14(15)18/h3-6H,2,7-13H2,1H3,(H,19,22). The molecule has 2 rings (SSSR count). The minimum Gasteiger partial charge on any atom is -0.355 e. The van der Waals surface area contributed by atoms with Gasteiger partial charge in [-0.25, -0.2) is 0 Å². The summed E-state index contributed by atoms with van der Waals surface area (Å²) in [5.74, 6) is 0.947. The highest BCUT2D eigenvalue weighted by Crippen LogP contribution is 2.27. The Hall–Kier alpha value is -1.24. The molecule has 1 heterocycles. The lowest BCUT2D eigenvalue weighted by Crippen LogP contribution is -2.51. The van der Waals surface area contributed by atoms with Crippen molar-refractivity contribution in [1.82, 2.24) is 15.1 Å². The third-order valence-electron chi connectivity index (χ3n) is 3.88. The predicted octanol–water partition coefficient (Wildman–Crippen LogP) is 2.10. The second-order valence-corrected chi connectivity index (χ2v) is 7.18. The van der Waals surface area contributed by atoms with Crippen LogP contribution in [0, 0.1) is 0 Å². The molecule has 24 heavy (non-hydrogen) atoms. The molecule has 1 aliphatic heterocycles. The molecule has 1 N–H and O–H groups in total. The Morgan fingerprint density at radius 3 is 2.58 bits per heavy atom. The molecule has 0 unspecified atom stereocenters. The van der Waals surface area contributed by atoms with Crippen LogP contribution in [0.3, 0.4) is 0 Å². The van der Waals surface area contributed by atoms with Crippen molar-refractivity contribution >= 4 is 35.2 Å². The summed E-state index contributed by atoms with van der Waals surface area (Å²) in [5, 5.41) is 3.53. The molecule has 0 spiro atoms. The summed E-state index contributed by atoms with van der Waals surface area (Å²) in [7, 11) is 0. The Bertz CT molecular complexity index is 563. The molecule has 7 heteroatoms. The van der Waals surface area contributed by atoms with Crippen LogP contribution in [0.2, 0.25) is 5.02 Å². The zero-order chi connectivity index (χ0) is 17.4. The normalized spacial score (nSPS) is 15.3. The van der Waals surface area contributed by atoms with Crippen molar-refractivity contribution in [2.75, 3.05) is 45.0 Å². The second-order valence-electron chi connectivity index (χ2n) is 5.64. The number of halogens is 1. The molecule has 0 aromatic heterocycles. The van der Waals surface area contributed by atoms with Crippen molar-refractivity contribution < 1.29 is 9.59 Å². The number of amides is 2. The maximum atomic E-state index is 12.3. The Kier molecular flexibility index (Phi) is 7.88. The fraction of sp³-hybridized carbons (Fsp3) is 0.529. The summed E-state index contributed by atoms with van der Waals surface area (Å²) < 4.78 is 0. The zero-order valence-electron chi connectivity index (χ0n) is 14.0. The van der Waals surface area contributed by atoms with E-state index in [9.17, 15) is 9.59 Å². The fourth-order valence-electron chi connectivity index (χ4n) is 2.58. The van der Waals surface area contributed by atoms with Gasteiger partial charge in [0.1, 0.15) is 0 Å². The number of hydrogen-bond acceptors (Lipinski definition) is 4. The quantitative estimate of drug-likeness (QED) is 0.748. The number of nitrogens with one attached hydrogen (secondary N) is 1. The van der Waals surface area contributed by atoms with Crippen LogP contribution in [0.25, 0.3) is 0 Å². The molecule has 0 saturated carbocycles. The number of benzene rings is 1. The van der Waals surface area contributed by atoms with Gasteiger partial charge in [-0.2, -0.15) is 0 Å². The van der Waals surface area contributed by atoms with E-state index < -0.39 is 0 Å². The third-order valence-corrected chi connectivity index (χ3v) is 5.39. The van der Waals surface area contributed by atoms with Gasteiger partial charge < -0.3 is 10.2 Å². The lowest BCUT2D eigenvalue weighted by atomic mass is 10.3. The largest absolute Gasteiger partial charge is 0.355 e. The van der Waals surface area contributed by atoms with Crippen LogP contribution in [0.15, 0.2) is 29.2 Å². The van der Waals surface area contributed by atoms with E-state index in [1.807, 2.05) is 36.1 Å². The first-order valence-corrected chi connectivity index (χ1v) is 9.60. The van der Waals surface area contributed by atoms with Gasteiger partial charge in [0.05, 0.1) is 11.6 Å². The highest BCUT2D eigenvalue weighted by atomic mass is 35.5. The summed E-state index contributed by atoms with van der Waals surface area (Å²) in [4.78, 5) is 28.9. The van der Waals surface area contributed by atoms with E-state index in [0.29, 0.717) is 32.6 Å². The van der Waals surface area contributed by atoms with E-state index in [0.717, 1.165) is 28.8 Å². The molecule has 1 aromatic rings. The molecule has 2 amide bonds. The van der Waals surface area contributed by atoms with Crippen molar-refractivity contribution in [3.8, 4) is 0 Å². The smallest absolute Gasteiger partial charge is 0.234 e. The molecule has 132 valence electrons. The molecule has 0 radical (unpaired) electrons. The number of rotatable bonds is 7. The number of likely N-dealkylation sites (N-methyl/N-ethyl adjacent to an activating group) is 1. The molecular weight excluding hydrogens is 346 g/mol. The molecule has 0 bridgehead atoms. The van der Waals surface area contributed by atoms with Gasteiger partial charge in [-0.15, -0.1) is 11.8 Å². The molecule has 5 nitrogen and oxygen atoms in total. The van der Waals surface area contributed by atoms with Crippen LogP contribution in [-0.4, -0.2) is 66.6 Å². The summed E-state index contributed by atoms with van der Waals surface area (Å²) >= 11 is 7.72. The summed E-state index contributed by atoms with van der Waals surface area (Å²) in [6.45, 7) is 5.86. The first-order chi connectivity index (χ1) is 11.6. The minimum atomic E-state index is 0.0495. The second kappa shape index (κ2) is 9.91. The average Bonchev–Trinajstić information content (AvgIpc) is 2.57.